The molecule has 1 aromatic carbocycles. The van der Waals surface area contributed by atoms with Crippen molar-refractivity contribution in [1.82, 2.24) is 5.32 Å². The Bertz CT molecular complexity index is 353. The van der Waals surface area contributed by atoms with Gasteiger partial charge in [-0.05, 0) is 43.4 Å². The predicted octanol–water partition coefficient (Wildman–Crippen LogP) is 3.70. The number of nitrogens with one attached hydrogen (secondary N) is 1. The number of thioether (sulfide) groups is 1. The first kappa shape index (κ1) is 14.6. The lowest BCUT2D eigenvalue weighted by atomic mass is 10.2. The van der Waals surface area contributed by atoms with Gasteiger partial charge >= 0.3 is 0 Å². The second-order valence-corrected chi connectivity index (χ2v) is 5.95. The fraction of sp³-hybridized carbons (Fsp3) is 0.462. The summed E-state index contributed by atoms with van der Waals surface area (Å²) >= 11 is 5.22. The van der Waals surface area contributed by atoms with E-state index in [-0.39, 0.29) is 5.91 Å². The molecule has 0 aliphatic carbocycles. The van der Waals surface area contributed by atoms with Gasteiger partial charge in [-0.1, -0.05) is 22.9 Å². The first-order chi connectivity index (χ1) is 8.17. The first-order valence-electron chi connectivity index (χ1n) is 5.73. The molecule has 0 bridgehead atoms. The van der Waals surface area contributed by atoms with Crippen molar-refractivity contribution >= 4 is 33.6 Å². The second-order valence-electron chi connectivity index (χ2n) is 3.78. The maximum atomic E-state index is 11.8. The molecule has 0 aliphatic heterocycles. The van der Waals surface area contributed by atoms with Crippen LogP contribution in [0.2, 0.25) is 0 Å². The molecule has 1 aromatic rings. The summed E-state index contributed by atoms with van der Waals surface area (Å²) in [5.41, 5.74) is 0.727. The molecular formula is C13H18BrNOS. The predicted molar refractivity (Wildman–Crippen MR) is 78.2 cm³/mol. The topological polar surface area (TPSA) is 29.1 Å². The van der Waals surface area contributed by atoms with E-state index in [2.05, 4.69) is 28.2 Å². The Morgan fingerprint density at radius 1 is 1.41 bits per heavy atom. The van der Waals surface area contributed by atoms with Gasteiger partial charge in [0.25, 0.3) is 5.91 Å². The summed E-state index contributed by atoms with van der Waals surface area (Å²) in [5, 5.41) is 2.93. The van der Waals surface area contributed by atoms with Crippen molar-refractivity contribution in [3.63, 3.8) is 0 Å². The van der Waals surface area contributed by atoms with E-state index in [1.165, 1.54) is 4.90 Å². The summed E-state index contributed by atoms with van der Waals surface area (Å²) in [4.78, 5) is 13.4. The molecule has 1 amide bonds. The van der Waals surface area contributed by atoms with Gasteiger partial charge < -0.3 is 5.32 Å². The van der Waals surface area contributed by atoms with Crippen LogP contribution in [0, 0.1) is 0 Å². The number of carbonyl (C=O) groups excluding carboxylic acids is 1. The van der Waals surface area contributed by atoms with Gasteiger partial charge in [0.15, 0.2) is 0 Å². The first-order valence-corrected chi connectivity index (χ1v) is 7.87. The molecule has 0 saturated heterocycles. The Kier molecular flexibility index (Phi) is 6.66. The van der Waals surface area contributed by atoms with Gasteiger partial charge in [0.05, 0.1) is 0 Å². The monoisotopic (exact) mass is 315 g/mol. The minimum atomic E-state index is 0.00783. The van der Waals surface area contributed by atoms with Crippen LogP contribution in [-0.2, 0) is 0 Å². The second kappa shape index (κ2) is 7.77. The highest BCUT2D eigenvalue weighted by Gasteiger charge is 2.06. The minimum absolute atomic E-state index is 0.00783. The quantitative estimate of drug-likeness (QED) is 0.640. The molecular weight excluding hydrogens is 298 g/mol. The molecule has 1 atom stereocenters. The molecule has 0 fully saturated rings. The van der Waals surface area contributed by atoms with Crippen LogP contribution in [0.1, 0.15) is 30.1 Å². The Balaban J connectivity index is 2.41. The van der Waals surface area contributed by atoms with E-state index in [0.717, 1.165) is 18.4 Å². The Labute approximate surface area is 116 Å². The van der Waals surface area contributed by atoms with Crippen LogP contribution in [0.5, 0.6) is 0 Å². The third-order valence-electron chi connectivity index (χ3n) is 2.54. The normalized spacial score (nSPS) is 12.2. The SMILES string of the molecule is CCC(Br)CCNC(=O)c1ccc(SC)cc1. The lowest BCUT2D eigenvalue weighted by Crippen LogP contribution is -2.25. The lowest BCUT2D eigenvalue weighted by Gasteiger charge is -2.08. The molecule has 0 radical (unpaired) electrons. The number of hydrogen-bond acceptors (Lipinski definition) is 2. The fourth-order valence-electron chi connectivity index (χ4n) is 1.39. The van der Waals surface area contributed by atoms with Crippen molar-refractivity contribution in [3.05, 3.63) is 29.8 Å². The summed E-state index contributed by atoms with van der Waals surface area (Å²) in [6.45, 7) is 2.84. The molecule has 1 rings (SSSR count). The molecule has 1 unspecified atom stereocenters. The van der Waals surface area contributed by atoms with Crippen molar-refractivity contribution in [2.75, 3.05) is 12.8 Å². The molecule has 0 saturated carbocycles. The largest absolute Gasteiger partial charge is 0.352 e. The highest BCUT2D eigenvalue weighted by molar-refractivity contribution is 9.09. The van der Waals surface area contributed by atoms with Crippen LogP contribution < -0.4 is 5.32 Å². The Hall–Kier alpha value is -0.480. The fourth-order valence-corrected chi connectivity index (χ4v) is 2.03. The van der Waals surface area contributed by atoms with Gasteiger partial charge in [0.1, 0.15) is 0 Å². The zero-order valence-electron chi connectivity index (χ0n) is 10.2. The van der Waals surface area contributed by atoms with E-state index in [0.29, 0.717) is 11.4 Å². The Morgan fingerprint density at radius 3 is 2.59 bits per heavy atom. The average Bonchev–Trinajstić information content (AvgIpc) is 2.38. The lowest BCUT2D eigenvalue weighted by molar-refractivity contribution is 0.0953. The standard InChI is InChI=1S/C13H18BrNOS/c1-3-11(14)8-9-15-13(16)10-4-6-12(17-2)7-5-10/h4-7,11H,3,8-9H2,1-2H3,(H,15,16). The molecule has 94 valence electrons. The number of hydrogen-bond donors (Lipinski definition) is 1. The van der Waals surface area contributed by atoms with Gasteiger partial charge in [-0.25, -0.2) is 0 Å². The zero-order chi connectivity index (χ0) is 12.7. The number of carbonyl (C=O) groups is 1. The number of alkyl halides is 1. The van der Waals surface area contributed by atoms with Crippen molar-refractivity contribution in [2.45, 2.75) is 29.5 Å². The minimum Gasteiger partial charge on any atom is -0.352 e. The number of rotatable bonds is 6. The van der Waals surface area contributed by atoms with E-state index < -0.39 is 0 Å². The number of amides is 1. The molecule has 2 nitrogen and oxygen atoms in total. The van der Waals surface area contributed by atoms with Crippen molar-refractivity contribution in [1.29, 1.82) is 0 Å². The van der Waals surface area contributed by atoms with Crippen molar-refractivity contribution in [2.24, 2.45) is 0 Å². The number of benzene rings is 1. The van der Waals surface area contributed by atoms with Crippen LogP contribution >= 0.6 is 27.7 Å². The smallest absolute Gasteiger partial charge is 0.251 e. The summed E-state index contributed by atoms with van der Waals surface area (Å²) in [5.74, 6) is 0.00783. The van der Waals surface area contributed by atoms with Crippen LogP contribution in [0.25, 0.3) is 0 Å². The van der Waals surface area contributed by atoms with Gasteiger partial charge in [-0.15, -0.1) is 11.8 Å². The summed E-state index contributed by atoms with van der Waals surface area (Å²) < 4.78 is 0. The maximum absolute atomic E-state index is 11.8. The average molecular weight is 316 g/mol. The molecule has 0 aromatic heterocycles. The van der Waals surface area contributed by atoms with Crippen molar-refractivity contribution < 1.29 is 4.79 Å². The Morgan fingerprint density at radius 2 is 2.06 bits per heavy atom. The van der Waals surface area contributed by atoms with Crippen LogP contribution in [0.4, 0.5) is 0 Å². The van der Waals surface area contributed by atoms with Crippen LogP contribution in [0.15, 0.2) is 29.2 Å². The van der Waals surface area contributed by atoms with Crippen LogP contribution in [-0.4, -0.2) is 23.5 Å². The van der Waals surface area contributed by atoms with Crippen LogP contribution in [0.3, 0.4) is 0 Å². The summed E-state index contributed by atoms with van der Waals surface area (Å²) in [6.07, 6.45) is 4.07. The summed E-state index contributed by atoms with van der Waals surface area (Å²) in [6, 6.07) is 7.68. The molecule has 17 heavy (non-hydrogen) atoms. The third-order valence-corrected chi connectivity index (χ3v) is 4.39. The highest BCUT2D eigenvalue weighted by Crippen LogP contribution is 2.14. The van der Waals surface area contributed by atoms with Gasteiger partial charge in [-0.3, -0.25) is 4.79 Å². The zero-order valence-corrected chi connectivity index (χ0v) is 12.6. The van der Waals surface area contributed by atoms with E-state index in [1.54, 1.807) is 11.8 Å². The van der Waals surface area contributed by atoms with Gasteiger partial charge in [-0.2, -0.15) is 0 Å². The molecule has 0 heterocycles. The van der Waals surface area contributed by atoms with E-state index in [4.69, 9.17) is 0 Å². The van der Waals surface area contributed by atoms with Crippen molar-refractivity contribution in [3.8, 4) is 0 Å². The van der Waals surface area contributed by atoms with E-state index >= 15 is 0 Å². The molecule has 4 heteroatoms. The number of halogens is 1. The third kappa shape index (κ3) is 5.13. The highest BCUT2D eigenvalue weighted by atomic mass is 79.9. The molecule has 1 N–H and O–H groups in total. The molecule has 0 spiro atoms. The van der Waals surface area contributed by atoms with Gasteiger partial charge in [0, 0.05) is 21.8 Å². The molecule has 0 aliphatic rings. The van der Waals surface area contributed by atoms with Gasteiger partial charge in [0.2, 0.25) is 0 Å². The maximum Gasteiger partial charge on any atom is 0.251 e. The summed E-state index contributed by atoms with van der Waals surface area (Å²) in [7, 11) is 0. The van der Waals surface area contributed by atoms with E-state index in [9.17, 15) is 4.79 Å². The van der Waals surface area contributed by atoms with E-state index in [1.807, 2.05) is 30.5 Å².